The Kier molecular flexibility index (Phi) is 8.08. The van der Waals surface area contributed by atoms with Gasteiger partial charge in [0.1, 0.15) is 6.04 Å². The number of carboxylic acids is 1. The van der Waals surface area contributed by atoms with E-state index in [4.69, 9.17) is 14.9 Å². The molecule has 7 nitrogen and oxygen atoms in total. The first kappa shape index (κ1) is 15.7. The third kappa shape index (κ3) is 7.53. The van der Waals surface area contributed by atoms with Crippen molar-refractivity contribution in [1.82, 2.24) is 10.6 Å². The fraction of sp³-hybridized carbons (Fsp3) is 0.800. The minimum Gasteiger partial charge on any atom is -0.480 e. The van der Waals surface area contributed by atoms with E-state index in [9.17, 15) is 9.59 Å². The number of aliphatic carboxylic acids is 1. The molecule has 0 saturated carbocycles. The first-order valence-electron chi connectivity index (χ1n) is 5.40. The Morgan fingerprint density at radius 2 is 1.94 bits per heavy atom. The summed E-state index contributed by atoms with van der Waals surface area (Å²) < 4.78 is 4.85. The Hall–Kier alpha value is -1.34. The molecule has 0 rings (SSSR count). The van der Waals surface area contributed by atoms with E-state index in [2.05, 4.69) is 10.6 Å². The van der Waals surface area contributed by atoms with Crippen LogP contribution >= 0.6 is 0 Å². The van der Waals surface area contributed by atoms with Gasteiger partial charge in [0.15, 0.2) is 0 Å². The number of carbonyl (C=O) groups is 2. The molecule has 0 saturated heterocycles. The number of aliphatic hydroxyl groups is 1. The molecule has 0 heterocycles. The molecule has 17 heavy (non-hydrogen) atoms. The summed E-state index contributed by atoms with van der Waals surface area (Å²) in [5, 5.41) is 22.3. The minimum atomic E-state index is -1.17. The Bertz CT molecular complexity index is 247. The van der Waals surface area contributed by atoms with Gasteiger partial charge in [0.25, 0.3) is 0 Å². The van der Waals surface area contributed by atoms with E-state index in [0.29, 0.717) is 13.0 Å². The Morgan fingerprint density at radius 1 is 1.29 bits per heavy atom. The molecule has 0 fully saturated rings. The van der Waals surface area contributed by atoms with Gasteiger partial charge in [0.05, 0.1) is 0 Å². The van der Waals surface area contributed by atoms with E-state index in [-0.39, 0.29) is 19.1 Å². The second kappa shape index (κ2) is 8.77. The van der Waals surface area contributed by atoms with Crippen molar-refractivity contribution < 1.29 is 24.5 Å². The predicted octanol–water partition coefficient (Wildman–Crippen LogP) is -0.454. The van der Waals surface area contributed by atoms with Crippen molar-refractivity contribution in [1.29, 1.82) is 0 Å². The third-order valence-electron chi connectivity index (χ3n) is 2.15. The first-order valence-corrected chi connectivity index (χ1v) is 5.40. The zero-order valence-electron chi connectivity index (χ0n) is 10.1. The van der Waals surface area contributed by atoms with Gasteiger partial charge in [-0.05, 0) is 13.3 Å². The van der Waals surface area contributed by atoms with Crippen molar-refractivity contribution in [2.75, 3.05) is 20.3 Å². The van der Waals surface area contributed by atoms with Crippen LogP contribution in [0, 0.1) is 0 Å². The Balaban J connectivity index is 4.00. The monoisotopic (exact) mass is 248 g/mol. The van der Waals surface area contributed by atoms with Crippen molar-refractivity contribution in [3.05, 3.63) is 0 Å². The second-order valence-corrected chi connectivity index (χ2v) is 3.70. The topological polar surface area (TPSA) is 108 Å². The van der Waals surface area contributed by atoms with E-state index in [1.165, 1.54) is 0 Å². The fourth-order valence-electron chi connectivity index (χ4n) is 1.18. The molecule has 0 aromatic rings. The van der Waals surface area contributed by atoms with E-state index in [1.807, 2.05) is 0 Å². The highest BCUT2D eigenvalue weighted by Gasteiger charge is 2.19. The summed E-state index contributed by atoms with van der Waals surface area (Å²) in [6.07, 6.45) is 0.622. The lowest BCUT2D eigenvalue weighted by Crippen LogP contribution is -2.48. The van der Waals surface area contributed by atoms with Gasteiger partial charge in [0.2, 0.25) is 0 Å². The van der Waals surface area contributed by atoms with Gasteiger partial charge in [0, 0.05) is 32.8 Å². The van der Waals surface area contributed by atoms with Gasteiger partial charge < -0.3 is 25.6 Å². The van der Waals surface area contributed by atoms with Crippen LogP contribution in [0.4, 0.5) is 4.79 Å². The highest BCUT2D eigenvalue weighted by atomic mass is 16.5. The first-order chi connectivity index (χ1) is 8.01. The molecule has 0 aliphatic rings. The molecule has 0 aromatic heterocycles. The normalized spacial score (nSPS) is 13.8. The standard InChI is InChI=1S/C10H20N2O5/c1-7(4-6-17-2)11-10(16)12-8(3-5-13)9(14)15/h7-8,13H,3-6H2,1-2H3,(H,14,15)(H2,11,12,16)/t7?,8-/m1/s1. The van der Waals surface area contributed by atoms with Gasteiger partial charge in [-0.3, -0.25) is 0 Å². The van der Waals surface area contributed by atoms with Crippen LogP contribution in [-0.4, -0.2) is 54.6 Å². The van der Waals surface area contributed by atoms with Crippen molar-refractivity contribution in [3.8, 4) is 0 Å². The number of rotatable bonds is 8. The summed E-state index contributed by atoms with van der Waals surface area (Å²) in [6.45, 7) is 2.01. The number of amides is 2. The maximum absolute atomic E-state index is 11.4. The van der Waals surface area contributed by atoms with Crippen LogP contribution in [0.15, 0.2) is 0 Å². The summed E-state index contributed by atoms with van der Waals surface area (Å²) in [5.41, 5.74) is 0. The second-order valence-electron chi connectivity index (χ2n) is 3.70. The summed E-state index contributed by atoms with van der Waals surface area (Å²) in [5.74, 6) is -1.17. The maximum Gasteiger partial charge on any atom is 0.326 e. The Labute approximate surface area is 100 Å². The largest absolute Gasteiger partial charge is 0.480 e. The van der Waals surface area contributed by atoms with E-state index in [0.717, 1.165) is 0 Å². The van der Waals surface area contributed by atoms with Crippen LogP contribution in [0.25, 0.3) is 0 Å². The smallest absolute Gasteiger partial charge is 0.326 e. The van der Waals surface area contributed by atoms with Crippen LogP contribution < -0.4 is 10.6 Å². The molecular formula is C10H20N2O5. The average Bonchev–Trinajstić information content (AvgIpc) is 2.25. The lowest BCUT2D eigenvalue weighted by Gasteiger charge is -2.17. The molecule has 0 aromatic carbocycles. The summed E-state index contributed by atoms with van der Waals surface area (Å²) in [4.78, 5) is 22.1. The lowest BCUT2D eigenvalue weighted by atomic mass is 10.2. The zero-order valence-corrected chi connectivity index (χ0v) is 10.1. The molecule has 2 amide bonds. The number of nitrogens with one attached hydrogen (secondary N) is 2. The van der Waals surface area contributed by atoms with Gasteiger partial charge in [-0.1, -0.05) is 0 Å². The molecule has 0 radical (unpaired) electrons. The number of urea groups is 1. The molecule has 0 bridgehead atoms. The van der Waals surface area contributed by atoms with Crippen LogP contribution in [0.1, 0.15) is 19.8 Å². The number of hydrogen-bond donors (Lipinski definition) is 4. The third-order valence-corrected chi connectivity index (χ3v) is 2.15. The molecule has 100 valence electrons. The molecule has 4 N–H and O–H groups in total. The van der Waals surface area contributed by atoms with Crippen molar-refractivity contribution in [2.24, 2.45) is 0 Å². The van der Waals surface area contributed by atoms with E-state index >= 15 is 0 Å². The molecule has 1 unspecified atom stereocenters. The highest BCUT2D eigenvalue weighted by molar-refractivity contribution is 5.82. The molecule has 0 aliphatic heterocycles. The quantitative estimate of drug-likeness (QED) is 0.465. The average molecular weight is 248 g/mol. The van der Waals surface area contributed by atoms with Gasteiger partial charge in [-0.2, -0.15) is 0 Å². The Morgan fingerprint density at radius 3 is 2.41 bits per heavy atom. The number of carbonyl (C=O) groups excluding carboxylic acids is 1. The maximum atomic E-state index is 11.4. The molecule has 0 aliphatic carbocycles. The predicted molar refractivity (Wildman–Crippen MR) is 60.7 cm³/mol. The zero-order chi connectivity index (χ0) is 13.3. The summed E-state index contributed by atoms with van der Waals surface area (Å²) in [7, 11) is 1.56. The molecular weight excluding hydrogens is 228 g/mol. The van der Waals surface area contributed by atoms with Gasteiger partial charge in [-0.25, -0.2) is 9.59 Å². The van der Waals surface area contributed by atoms with Crippen molar-refractivity contribution >= 4 is 12.0 Å². The van der Waals surface area contributed by atoms with Gasteiger partial charge >= 0.3 is 12.0 Å². The molecule has 7 heteroatoms. The SMILES string of the molecule is COCCC(C)NC(=O)N[C@H](CCO)C(=O)O. The summed E-state index contributed by atoms with van der Waals surface area (Å²) >= 11 is 0. The van der Waals surface area contributed by atoms with E-state index in [1.54, 1.807) is 14.0 Å². The van der Waals surface area contributed by atoms with Gasteiger partial charge in [-0.15, -0.1) is 0 Å². The number of hydrogen-bond acceptors (Lipinski definition) is 4. The lowest BCUT2D eigenvalue weighted by molar-refractivity contribution is -0.139. The van der Waals surface area contributed by atoms with E-state index < -0.39 is 18.0 Å². The molecule has 0 spiro atoms. The van der Waals surface area contributed by atoms with Crippen molar-refractivity contribution in [2.45, 2.75) is 31.8 Å². The fourth-order valence-corrected chi connectivity index (χ4v) is 1.18. The van der Waals surface area contributed by atoms with Crippen molar-refractivity contribution in [3.63, 3.8) is 0 Å². The minimum absolute atomic E-state index is 0.0186. The summed E-state index contributed by atoms with van der Waals surface area (Å²) in [6, 6.07) is -1.75. The van der Waals surface area contributed by atoms with Crippen LogP contribution in [0.5, 0.6) is 0 Å². The number of aliphatic hydroxyl groups excluding tert-OH is 1. The highest BCUT2D eigenvalue weighted by Crippen LogP contribution is 1.94. The number of carboxylic acid groups (broad SMARTS) is 1. The number of ether oxygens (including phenoxy) is 1. The van der Waals surface area contributed by atoms with Crippen LogP contribution in [0.3, 0.4) is 0 Å². The number of methoxy groups -OCH3 is 1. The van der Waals surface area contributed by atoms with Crippen LogP contribution in [0.2, 0.25) is 0 Å². The van der Waals surface area contributed by atoms with Crippen LogP contribution in [-0.2, 0) is 9.53 Å². The molecule has 2 atom stereocenters.